The summed E-state index contributed by atoms with van der Waals surface area (Å²) in [5.41, 5.74) is 2.36. The van der Waals surface area contributed by atoms with Crippen LogP contribution in [0.3, 0.4) is 0 Å². The number of ether oxygens (including phenoxy) is 1. The molecule has 0 aliphatic carbocycles. The molecule has 3 aromatic rings. The number of furan rings is 1. The van der Waals surface area contributed by atoms with Gasteiger partial charge >= 0.3 is 0 Å². The third-order valence-corrected chi connectivity index (χ3v) is 7.59. The van der Waals surface area contributed by atoms with Crippen molar-refractivity contribution in [1.82, 2.24) is 10.2 Å². The normalized spacial score (nSPS) is 15.5. The van der Waals surface area contributed by atoms with Gasteiger partial charge in [0.05, 0.1) is 24.2 Å². The number of anilines is 1. The van der Waals surface area contributed by atoms with Crippen LogP contribution in [0.4, 0.5) is 5.69 Å². The van der Waals surface area contributed by atoms with Gasteiger partial charge in [-0.15, -0.1) is 0 Å². The summed E-state index contributed by atoms with van der Waals surface area (Å²) in [6.45, 7) is 8.69. The molecule has 1 aromatic heterocycles. The molecule has 1 aliphatic heterocycles. The van der Waals surface area contributed by atoms with E-state index in [0.29, 0.717) is 36.6 Å². The number of sulfonamides is 1. The van der Waals surface area contributed by atoms with Crippen LogP contribution in [-0.4, -0.2) is 52.1 Å². The maximum Gasteiger partial charge on any atom is 0.262 e. The summed E-state index contributed by atoms with van der Waals surface area (Å²) in [4.78, 5) is 15.3. The molecule has 0 saturated carbocycles. The van der Waals surface area contributed by atoms with Gasteiger partial charge in [-0.3, -0.25) is 14.4 Å². The van der Waals surface area contributed by atoms with Crippen LogP contribution in [0.1, 0.15) is 39.0 Å². The number of nitrogens with one attached hydrogen (secondary N) is 2. The number of hydrogen-bond acceptors (Lipinski definition) is 6. The summed E-state index contributed by atoms with van der Waals surface area (Å²) < 4.78 is 39.6. The third-order valence-electron chi connectivity index (χ3n) is 6.06. The van der Waals surface area contributed by atoms with Crippen molar-refractivity contribution in [3.05, 3.63) is 82.8 Å². The van der Waals surface area contributed by atoms with E-state index in [1.165, 1.54) is 0 Å². The van der Waals surface area contributed by atoms with Crippen molar-refractivity contribution >= 4 is 21.6 Å². The lowest BCUT2D eigenvalue weighted by Gasteiger charge is -2.33. The van der Waals surface area contributed by atoms with Gasteiger partial charge in [0.1, 0.15) is 11.5 Å². The van der Waals surface area contributed by atoms with Gasteiger partial charge in [0, 0.05) is 30.9 Å². The van der Waals surface area contributed by atoms with E-state index < -0.39 is 10.0 Å². The standard InChI is InChI=1S/C26H31N3O5S/c1-18-4-5-19(2)25(16-18)35(31,32)28-22-9-7-21(8-10-22)26(30)27-17-23(24-11-6-20(3)34-24)29-12-14-33-15-13-29/h4-11,16,23,28H,12-15,17H2,1-3H3,(H,27,30). The fourth-order valence-corrected chi connectivity index (χ4v) is 5.51. The predicted octanol–water partition coefficient (Wildman–Crippen LogP) is 3.81. The summed E-state index contributed by atoms with van der Waals surface area (Å²) in [7, 11) is -3.74. The van der Waals surface area contributed by atoms with E-state index in [0.717, 1.165) is 30.2 Å². The molecule has 9 heteroatoms. The highest BCUT2D eigenvalue weighted by molar-refractivity contribution is 7.92. The van der Waals surface area contributed by atoms with Crippen molar-refractivity contribution < 1.29 is 22.4 Å². The number of rotatable bonds is 8. The van der Waals surface area contributed by atoms with Gasteiger partial charge < -0.3 is 14.5 Å². The van der Waals surface area contributed by atoms with Crippen LogP contribution in [0.2, 0.25) is 0 Å². The molecule has 0 bridgehead atoms. The average molecular weight is 498 g/mol. The van der Waals surface area contributed by atoms with Crippen LogP contribution in [-0.2, 0) is 14.8 Å². The van der Waals surface area contributed by atoms with Gasteiger partial charge in [-0.05, 0) is 74.4 Å². The first-order valence-corrected chi connectivity index (χ1v) is 13.1. The van der Waals surface area contributed by atoms with Crippen LogP contribution in [0.15, 0.2) is 63.9 Å². The Hall–Kier alpha value is -3.14. The maximum atomic E-state index is 12.8. The number of amides is 1. The van der Waals surface area contributed by atoms with E-state index in [2.05, 4.69) is 14.9 Å². The largest absolute Gasteiger partial charge is 0.465 e. The van der Waals surface area contributed by atoms with E-state index in [1.54, 1.807) is 43.3 Å². The summed E-state index contributed by atoms with van der Waals surface area (Å²) >= 11 is 0. The minimum Gasteiger partial charge on any atom is -0.465 e. The average Bonchev–Trinajstić information content (AvgIpc) is 3.27. The monoisotopic (exact) mass is 497 g/mol. The first kappa shape index (κ1) is 25.0. The highest BCUT2D eigenvalue weighted by atomic mass is 32.2. The zero-order chi connectivity index (χ0) is 25.0. The third kappa shape index (κ3) is 6.11. The summed E-state index contributed by atoms with van der Waals surface area (Å²) in [6, 6.07) is 15.5. The van der Waals surface area contributed by atoms with E-state index >= 15 is 0 Å². The minimum absolute atomic E-state index is 0.0970. The smallest absolute Gasteiger partial charge is 0.262 e. The molecule has 8 nitrogen and oxygen atoms in total. The lowest BCUT2D eigenvalue weighted by molar-refractivity contribution is 0.0117. The van der Waals surface area contributed by atoms with Crippen molar-refractivity contribution in [3.8, 4) is 0 Å². The molecular formula is C26H31N3O5S. The highest BCUT2D eigenvalue weighted by Gasteiger charge is 2.26. The lowest BCUT2D eigenvalue weighted by Crippen LogP contribution is -2.43. The minimum atomic E-state index is -3.74. The van der Waals surface area contributed by atoms with Gasteiger partial charge in [0.25, 0.3) is 15.9 Å². The second-order valence-electron chi connectivity index (χ2n) is 8.77. The van der Waals surface area contributed by atoms with Crippen molar-refractivity contribution in [2.45, 2.75) is 31.7 Å². The van der Waals surface area contributed by atoms with E-state index in [4.69, 9.17) is 9.15 Å². The van der Waals surface area contributed by atoms with Crippen LogP contribution in [0.5, 0.6) is 0 Å². The van der Waals surface area contributed by atoms with Gasteiger partial charge in [-0.1, -0.05) is 12.1 Å². The van der Waals surface area contributed by atoms with Crippen molar-refractivity contribution in [2.75, 3.05) is 37.6 Å². The molecule has 1 unspecified atom stereocenters. The van der Waals surface area contributed by atoms with Crippen LogP contribution >= 0.6 is 0 Å². The second kappa shape index (κ2) is 10.6. The van der Waals surface area contributed by atoms with Gasteiger partial charge in [-0.2, -0.15) is 0 Å². The Morgan fingerprint density at radius 3 is 2.37 bits per heavy atom. The van der Waals surface area contributed by atoms with E-state index in [1.807, 2.05) is 32.0 Å². The first-order valence-electron chi connectivity index (χ1n) is 11.6. The summed E-state index contributed by atoms with van der Waals surface area (Å²) in [5, 5.41) is 2.99. The summed E-state index contributed by atoms with van der Waals surface area (Å²) in [6.07, 6.45) is 0. The fourth-order valence-electron chi connectivity index (χ4n) is 4.12. The SMILES string of the molecule is Cc1ccc(C)c(S(=O)(=O)Nc2ccc(C(=O)NCC(c3ccc(C)o3)N3CCOCC3)cc2)c1. The molecule has 35 heavy (non-hydrogen) atoms. The number of aryl methyl sites for hydroxylation is 3. The fraction of sp³-hybridized carbons (Fsp3) is 0.346. The molecule has 186 valence electrons. The summed E-state index contributed by atoms with van der Waals surface area (Å²) in [5.74, 6) is 1.39. The number of carbonyl (C=O) groups is 1. The number of carbonyl (C=O) groups excluding carboxylic acids is 1. The number of hydrogen-bond donors (Lipinski definition) is 2. The number of benzene rings is 2. The highest BCUT2D eigenvalue weighted by Crippen LogP contribution is 2.24. The zero-order valence-electron chi connectivity index (χ0n) is 20.2. The topological polar surface area (TPSA) is 101 Å². The van der Waals surface area contributed by atoms with E-state index in [9.17, 15) is 13.2 Å². The number of nitrogens with zero attached hydrogens (tertiary/aromatic N) is 1. The molecule has 0 spiro atoms. The Kier molecular flexibility index (Phi) is 7.59. The predicted molar refractivity (Wildman–Crippen MR) is 134 cm³/mol. The van der Waals surface area contributed by atoms with Crippen LogP contribution in [0, 0.1) is 20.8 Å². The molecule has 1 atom stereocenters. The van der Waals surface area contributed by atoms with Gasteiger partial charge in [-0.25, -0.2) is 8.42 Å². The van der Waals surface area contributed by atoms with Gasteiger partial charge in [0.15, 0.2) is 0 Å². The molecule has 0 radical (unpaired) electrons. The Balaban J connectivity index is 1.42. The molecule has 1 saturated heterocycles. The second-order valence-corrected chi connectivity index (χ2v) is 10.4. The molecule has 2 heterocycles. The lowest BCUT2D eigenvalue weighted by atomic mass is 10.1. The maximum absolute atomic E-state index is 12.8. The van der Waals surface area contributed by atoms with Gasteiger partial charge in [0.2, 0.25) is 0 Å². The Morgan fingerprint density at radius 1 is 1.00 bits per heavy atom. The molecule has 2 N–H and O–H groups in total. The molecule has 1 amide bonds. The molecule has 1 fully saturated rings. The Labute approximate surface area is 206 Å². The molecular weight excluding hydrogens is 466 g/mol. The molecule has 1 aliphatic rings. The Bertz CT molecular complexity index is 1280. The molecule has 2 aromatic carbocycles. The van der Waals surface area contributed by atoms with Crippen molar-refractivity contribution in [2.24, 2.45) is 0 Å². The number of morpholine rings is 1. The van der Waals surface area contributed by atoms with Crippen molar-refractivity contribution in [3.63, 3.8) is 0 Å². The van der Waals surface area contributed by atoms with Crippen molar-refractivity contribution in [1.29, 1.82) is 0 Å². The first-order chi connectivity index (χ1) is 16.7. The van der Waals surface area contributed by atoms with Crippen LogP contribution < -0.4 is 10.0 Å². The zero-order valence-corrected chi connectivity index (χ0v) is 21.0. The Morgan fingerprint density at radius 2 is 1.71 bits per heavy atom. The quantitative estimate of drug-likeness (QED) is 0.491. The van der Waals surface area contributed by atoms with E-state index in [-0.39, 0.29) is 16.8 Å². The molecule has 4 rings (SSSR count). The van der Waals surface area contributed by atoms with Crippen LogP contribution in [0.25, 0.3) is 0 Å².